The summed E-state index contributed by atoms with van der Waals surface area (Å²) < 4.78 is 0. The summed E-state index contributed by atoms with van der Waals surface area (Å²) in [6, 6.07) is 12.5. The van der Waals surface area contributed by atoms with Gasteiger partial charge in [0, 0.05) is 22.9 Å². The van der Waals surface area contributed by atoms with E-state index in [2.05, 4.69) is 22.5 Å². The van der Waals surface area contributed by atoms with Gasteiger partial charge < -0.3 is 4.90 Å². The minimum atomic E-state index is 0.0501. The highest BCUT2D eigenvalue weighted by Crippen LogP contribution is 2.34. The molecule has 0 spiro atoms. The molecule has 0 aliphatic carbocycles. The normalized spacial score (nSPS) is 17.6. The second kappa shape index (κ2) is 6.26. The Hall–Kier alpha value is -1.98. The average molecular weight is 340 g/mol. The Morgan fingerprint density at radius 1 is 1.17 bits per heavy atom. The largest absolute Gasteiger partial charge is 0.330 e. The second-order valence-electron chi connectivity index (χ2n) is 5.62. The van der Waals surface area contributed by atoms with Gasteiger partial charge >= 0.3 is 0 Å². The standard InChI is InChI=1S/C18H16N2OS2/c21-18(15-12-23-17(19-15)14-8-10-22-11-14)20-9-4-7-16(20)13-5-2-1-3-6-13/h1-3,5-6,8,10-12,16H,4,7,9H2/t16-/m0/s1. The number of likely N-dealkylation sites (tertiary alicyclic amines) is 1. The van der Waals surface area contributed by atoms with E-state index < -0.39 is 0 Å². The Labute approximate surface area is 143 Å². The van der Waals surface area contributed by atoms with Gasteiger partial charge in [0.05, 0.1) is 6.04 Å². The first-order valence-electron chi connectivity index (χ1n) is 7.67. The van der Waals surface area contributed by atoms with E-state index in [-0.39, 0.29) is 11.9 Å². The van der Waals surface area contributed by atoms with Gasteiger partial charge in [-0.05, 0) is 29.9 Å². The minimum absolute atomic E-state index is 0.0501. The van der Waals surface area contributed by atoms with Gasteiger partial charge in [-0.2, -0.15) is 11.3 Å². The average Bonchev–Trinajstić information content (AvgIpc) is 3.35. The molecule has 5 heteroatoms. The van der Waals surface area contributed by atoms with Crippen LogP contribution in [0.2, 0.25) is 0 Å². The number of rotatable bonds is 3. The van der Waals surface area contributed by atoms with Crippen molar-refractivity contribution in [2.45, 2.75) is 18.9 Å². The third kappa shape index (κ3) is 2.82. The van der Waals surface area contributed by atoms with Crippen LogP contribution in [0.3, 0.4) is 0 Å². The topological polar surface area (TPSA) is 33.2 Å². The lowest BCUT2D eigenvalue weighted by Gasteiger charge is -2.24. The molecule has 1 aliphatic heterocycles. The number of hydrogen-bond donors (Lipinski definition) is 0. The highest BCUT2D eigenvalue weighted by molar-refractivity contribution is 7.14. The molecule has 1 fully saturated rings. The molecule has 116 valence electrons. The van der Waals surface area contributed by atoms with Crippen LogP contribution in [-0.4, -0.2) is 22.3 Å². The summed E-state index contributed by atoms with van der Waals surface area (Å²) >= 11 is 3.19. The summed E-state index contributed by atoms with van der Waals surface area (Å²) in [5.41, 5.74) is 2.88. The first-order valence-corrected chi connectivity index (χ1v) is 9.49. The van der Waals surface area contributed by atoms with E-state index in [1.807, 2.05) is 39.9 Å². The van der Waals surface area contributed by atoms with Crippen molar-refractivity contribution in [1.82, 2.24) is 9.88 Å². The maximum atomic E-state index is 12.9. The van der Waals surface area contributed by atoms with Gasteiger partial charge in [0.25, 0.3) is 5.91 Å². The van der Waals surface area contributed by atoms with Crippen LogP contribution in [0.15, 0.2) is 52.5 Å². The van der Waals surface area contributed by atoms with Crippen molar-refractivity contribution in [1.29, 1.82) is 0 Å². The number of amides is 1. The number of carbonyl (C=O) groups is 1. The summed E-state index contributed by atoms with van der Waals surface area (Å²) in [6.45, 7) is 0.809. The molecule has 3 nitrogen and oxygen atoms in total. The van der Waals surface area contributed by atoms with E-state index in [0.717, 1.165) is 30.0 Å². The first-order chi connectivity index (χ1) is 11.3. The molecule has 0 unspecified atom stereocenters. The molecule has 2 aromatic heterocycles. The number of carbonyl (C=O) groups excluding carboxylic acids is 1. The first kappa shape index (κ1) is 14.6. The quantitative estimate of drug-likeness (QED) is 0.683. The number of hydrogen-bond acceptors (Lipinski definition) is 4. The molecule has 4 rings (SSSR count). The molecule has 3 aromatic rings. The van der Waals surface area contributed by atoms with Crippen molar-refractivity contribution in [3.05, 3.63) is 63.8 Å². The van der Waals surface area contributed by atoms with E-state index in [9.17, 15) is 4.79 Å². The van der Waals surface area contributed by atoms with Crippen molar-refractivity contribution in [2.75, 3.05) is 6.54 Å². The Balaban J connectivity index is 1.59. The number of benzene rings is 1. The van der Waals surface area contributed by atoms with Crippen LogP contribution in [-0.2, 0) is 0 Å². The zero-order valence-electron chi connectivity index (χ0n) is 12.5. The molecule has 3 heterocycles. The zero-order valence-corrected chi connectivity index (χ0v) is 14.1. The van der Waals surface area contributed by atoms with E-state index in [0.29, 0.717) is 5.69 Å². The maximum absolute atomic E-state index is 12.9. The molecular weight excluding hydrogens is 324 g/mol. The van der Waals surface area contributed by atoms with Crippen LogP contribution >= 0.6 is 22.7 Å². The lowest BCUT2D eigenvalue weighted by Crippen LogP contribution is -2.30. The lowest BCUT2D eigenvalue weighted by atomic mass is 10.0. The van der Waals surface area contributed by atoms with Crippen LogP contribution in [0.5, 0.6) is 0 Å². The fourth-order valence-electron chi connectivity index (χ4n) is 3.07. The molecule has 1 amide bonds. The SMILES string of the molecule is O=C(c1csc(-c2ccsc2)n1)N1CCC[C@H]1c1ccccc1. The third-order valence-corrected chi connectivity index (χ3v) is 5.76. The predicted octanol–water partition coefficient (Wildman–Crippen LogP) is 4.85. The summed E-state index contributed by atoms with van der Waals surface area (Å²) in [5.74, 6) is 0.0501. The highest BCUT2D eigenvalue weighted by atomic mass is 32.1. The van der Waals surface area contributed by atoms with Gasteiger partial charge in [0.15, 0.2) is 0 Å². The van der Waals surface area contributed by atoms with Crippen molar-refractivity contribution in [3.63, 3.8) is 0 Å². The van der Waals surface area contributed by atoms with Gasteiger partial charge in [-0.1, -0.05) is 30.3 Å². The predicted molar refractivity (Wildman–Crippen MR) is 94.9 cm³/mol. The minimum Gasteiger partial charge on any atom is -0.330 e. The molecule has 0 N–H and O–H groups in total. The smallest absolute Gasteiger partial charge is 0.273 e. The summed E-state index contributed by atoms with van der Waals surface area (Å²) in [4.78, 5) is 19.4. The molecule has 0 bridgehead atoms. The van der Waals surface area contributed by atoms with Gasteiger partial charge in [-0.3, -0.25) is 4.79 Å². The molecular formula is C18H16N2OS2. The Kier molecular flexibility index (Phi) is 3.97. The molecule has 1 aliphatic rings. The van der Waals surface area contributed by atoms with E-state index >= 15 is 0 Å². The number of aromatic nitrogens is 1. The van der Waals surface area contributed by atoms with E-state index in [4.69, 9.17) is 0 Å². The van der Waals surface area contributed by atoms with Gasteiger partial charge in [0.2, 0.25) is 0 Å². The summed E-state index contributed by atoms with van der Waals surface area (Å²) in [7, 11) is 0. The number of nitrogens with zero attached hydrogens (tertiary/aromatic N) is 2. The van der Waals surface area contributed by atoms with Crippen LogP contribution in [0, 0.1) is 0 Å². The molecule has 0 saturated carbocycles. The maximum Gasteiger partial charge on any atom is 0.273 e. The van der Waals surface area contributed by atoms with Crippen LogP contribution in [0.4, 0.5) is 0 Å². The van der Waals surface area contributed by atoms with Gasteiger partial charge in [0.1, 0.15) is 10.7 Å². The molecule has 0 radical (unpaired) electrons. The number of thiophene rings is 1. The van der Waals surface area contributed by atoms with Crippen molar-refractivity contribution < 1.29 is 4.79 Å². The fourth-order valence-corrected chi connectivity index (χ4v) is 4.58. The Morgan fingerprint density at radius 2 is 2.04 bits per heavy atom. The highest BCUT2D eigenvalue weighted by Gasteiger charge is 2.31. The van der Waals surface area contributed by atoms with Crippen molar-refractivity contribution >= 4 is 28.6 Å². The molecule has 23 heavy (non-hydrogen) atoms. The summed E-state index contributed by atoms with van der Waals surface area (Å²) in [5, 5.41) is 6.90. The van der Waals surface area contributed by atoms with Crippen LogP contribution in [0.1, 0.15) is 34.9 Å². The zero-order chi connectivity index (χ0) is 15.6. The Morgan fingerprint density at radius 3 is 2.83 bits per heavy atom. The van der Waals surface area contributed by atoms with Crippen LogP contribution in [0.25, 0.3) is 10.6 Å². The molecule has 1 saturated heterocycles. The molecule has 1 atom stereocenters. The van der Waals surface area contributed by atoms with Gasteiger partial charge in [-0.25, -0.2) is 4.98 Å². The van der Waals surface area contributed by atoms with E-state index in [1.54, 1.807) is 11.3 Å². The third-order valence-electron chi connectivity index (χ3n) is 4.19. The summed E-state index contributed by atoms with van der Waals surface area (Å²) in [6.07, 6.45) is 2.07. The number of thiazole rings is 1. The lowest BCUT2D eigenvalue weighted by molar-refractivity contribution is 0.0730. The Bertz CT molecular complexity index is 796. The van der Waals surface area contributed by atoms with Crippen LogP contribution < -0.4 is 0 Å². The van der Waals surface area contributed by atoms with Gasteiger partial charge in [-0.15, -0.1) is 11.3 Å². The molecule has 1 aromatic carbocycles. The monoisotopic (exact) mass is 340 g/mol. The second-order valence-corrected chi connectivity index (χ2v) is 7.26. The van der Waals surface area contributed by atoms with Crippen molar-refractivity contribution in [3.8, 4) is 10.6 Å². The van der Waals surface area contributed by atoms with Crippen molar-refractivity contribution in [2.24, 2.45) is 0 Å². The van der Waals surface area contributed by atoms with E-state index in [1.165, 1.54) is 16.9 Å². The fraction of sp³-hybridized carbons (Fsp3) is 0.222.